The fourth-order valence-corrected chi connectivity index (χ4v) is 3.82. The van der Waals surface area contributed by atoms with Crippen molar-refractivity contribution in [3.05, 3.63) is 24.0 Å². The maximum absolute atomic E-state index is 13.3. The lowest BCUT2D eigenvalue weighted by molar-refractivity contribution is 0.310. The highest BCUT2D eigenvalue weighted by atomic mass is 32.2. The van der Waals surface area contributed by atoms with E-state index >= 15 is 0 Å². The predicted molar refractivity (Wildman–Crippen MR) is 72.6 cm³/mol. The van der Waals surface area contributed by atoms with E-state index in [1.165, 1.54) is 12.1 Å². The Labute approximate surface area is 113 Å². The fraction of sp³-hybridized carbons (Fsp3) is 0.538. The maximum Gasteiger partial charge on any atom is 0.240 e. The molecule has 2 atom stereocenters. The first kappa shape index (κ1) is 14.3. The van der Waals surface area contributed by atoms with Gasteiger partial charge in [-0.1, -0.05) is 19.8 Å². The Balaban J connectivity index is 2.19. The Morgan fingerprint density at radius 2 is 2.00 bits per heavy atom. The molecule has 0 saturated heterocycles. The Bertz CT molecular complexity index is 560. The molecule has 2 rings (SSSR count). The van der Waals surface area contributed by atoms with Crippen LogP contribution < -0.4 is 10.5 Å². The van der Waals surface area contributed by atoms with Crippen LogP contribution in [0, 0.1) is 11.7 Å². The molecule has 1 fully saturated rings. The maximum atomic E-state index is 13.3. The second kappa shape index (κ2) is 5.46. The first-order valence-corrected chi connectivity index (χ1v) is 7.96. The van der Waals surface area contributed by atoms with E-state index in [4.69, 9.17) is 5.73 Å². The quantitative estimate of drug-likeness (QED) is 0.837. The van der Waals surface area contributed by atoms with Crippen LogP contribution in [-0.2, 0) is 10.0 Å². The van der Waals surface area contributed by atoms with E-state index < -0.39 is 15.8 Å². The van der Waals surface area contributed by atoms with Gasteiger partial charge in [0.05, 0.1) is 10.6 Å². The largest absolute Gasteiger partial charge is 0.396 e. The molecular formula is C13H19FN2O2S. The van der Waals surface area contributed by atoms with Crippen LogP contribution >= 0.6 is 0 Å². The third-order valence-electron chi connectivity index (χ3n) is 3.70. The number of nitrogen functional groups attached to an aromatic ring is 1. The Morgan fingerprint density at radius 1 is 1.32 bits per heavy atom. The molecule has 3 N–H and O–H groups in total. The summed E-state index contributed by atoms with van der Waals surface area (Å²) >= 11 is 0. The molecular weight excluding hydrogens is 267 g/mol. The number of anilines is 1. The summed E-state index contributed by atoms with van der Waals surface area (Å²) in [7, 11) is -3.68. The number of hydrogen-bond acceptors (Lipinski definition) is 3. The van der Waals surface area contributed by atoms with Crippen molar-refractivity contribution in [3.63, 3.8) is 0 Å². The number of nitrogens with one attached hydrogen (secondary N) is 1. The van der Waals surface area contributed by atoms with Gasteiger partial charge in [-0.2, -0.15) is 0 Å². The van der Waals surface area contributed by atoms with Crippen molar-refractivity contribution in [2.45, 2.75) is 43.5 Å². The molecule has 0 heterocycles. The highest BCUT2D eigenvalue weighted by molar-refractivity contribution is 7.89. The van der Waals surface area contributed by atoms with Crippen LogP contribution in [0.1, 0.15) is 32.6 Å². The molecule has 4 nitrogen and oxygen atoms in total. The van der Waals surface area contributed by atoms with Crippen LogP contribution in [-0.4, -0.2) is 14.5 Å². The molecule has 106 valence electrons. The second-order valence-corrected chi connectivity index (χ2v) is 6.89. The number of benzene rings is 1. The molecule has 1 aromatic rings. The average Bonchev–Trinajstić information content (AvgIpc) is 2.35. The Kier molecular flexibility index (Phi) is 4.10. The van der Waals surface area contributed by atoms with Gasteiger partial charge >= 0.3 is 0 Å². The molecule has 1 aliphatic rings. The van der Waals surface area contributed by atoms with Crippen molar-refractivity contribution in [1.82, 2.24) is 4.72 Å². The summed E-state index contributed by atoms with van der Waals surface area (Å²) in [6, 6.07) is 3.49. The van der Waals surface area contributed by atoms with Crippen LogP contribution in [0.4, 0.5) is 10.1 Å². The summed E-state index contributed by atoms with van der Waals surface area (Å²) in [5.41, 5.74) is 5.30. The van der Waals surface area contributed by atoms with Gasteiger partial charge in [0, 0.05) is 6.04 Å². The number of hydrogen-bond donors (Lipinski definition) is 2. The second-order valence-electron chi connectivity index (χ2n) is 5.17. The lowest BCUT2D eigenvalue weighted by Crippen LogP contribution is -2.41. The summed E-state index contributed by atoms with van der Waals surface area (Å²) < 4.78 is 40.4. The molecule has 1 saturated carbocycles. The third-order valence-corrected chi connectivity index (χ3v) is 5.19. The van der Waals surface area contributed by atoms with Crippen LogP contribution in [0.15, 0.2) is 23.1 Å². The van der Waals surface area contributed by atoms with Gasteiger partial charge in [0.25, 0.3) is 0 Å². The molecule has 0 aromatic heterocycles. The lowest BCUT2D eigenvalue weighted by atomic mass is 9.87. The van der Waals surface area contributed by atoms with Gasteiger partial charge < -0.3 is 5.73 Å². The molecule has 1 aliphatic carbocycles. The fourth-order valence-electron chi connectivity index (χ4n) is 2.43. The Morgan fingerprint density at radius 3 is 2.63 bits per heavy atom. The molecule has 0 aliphatic heterocycles. The average molecular weight is 286 g/mol. The van der Waals surface area contributed by atoms with E-state index in [1.807, 2.05) is 6.92 Å². The van der Waals surface area contributed by atoms with Crippen molar-refractivity contribution in [2.24, 2.45) is 5.92 Å². The summed E-state index contributed by atoms with van der Waals surface area (Å²) in [5.74, 6) is -0.401. The zero-order valence-corrected chi connectivity index (χ0v) is 11.7. The van der Waals surface area contributed by atoms with E-state index in [0.29, 0.717) is 5.92 Å². The summed E-state index contributed by atoms with van der Waals surface area (Å²) in [5, 5.41) is 0. The van der Waals surface area contributed by atoms with Crippen LogP contribution in [0.5, 0.6) is 0 Å². The number of halogens is 1. The number of sulfonamides is 1. The molecule has 19 heavy (non-hydrogen) atoms. The summed E-state index contributed by atoms with van der Waals surface area (Å²) in [6.07, 6.45) is 4.00. The standard InChI is InChI=1S/C13H19FN2O2S/c1-9-4-2-3-5-13(9)16-19(17,18)10-6-7-12(15)11(14)8-10/h6-9,13,16H,2-5,15H2,1H3. The minimum Gasteiger partial charge on any atom is -0.396 e. The van der Waals surface area contributed by atoms with E-state index in [1.54, 1.807) is 0 Å². The van der Waals surface area contributed by atoms with Gasteiger partial charge in [-0.3, -0.25) is 0 Å². The van der Waals surface area contributed by atoms with Gasteiger partial charge in [0.15, 0.2) is 0 Å². The van der Waals surface area contributed by atoms with E-state index in [9.17, 15) is 12.8 Å². The molecule has 6 heteroatoms. The minimum absolute atomic E-state index is 0.0509. The molecule has 0 radical (unpaired) electrons. The van der Waals surface area contributed by atoms with Gasteiger partial charge in [-0.15, -0.1) is 0 Å². The van der Waals surface area contributed by atoms with Gasteiger partial charge in [-0.25, -0.2) is 17.5 Å². The summed E-state index contributed by atoms with van der Waals surface area (Å²) in [4.78, 5) is -0.0722. The monoisotopic (exact) mass is 286 g/mol. The van der Waals surface area contributed by atoms with Crippen LogP contribution in [0.2, 0.25) is 0 Å². The molecule has 0 bridgehead atoms. The predicted octanol–water partition coefficient (Wildman–Crippen LogP) is 2.26. The number of nitrogens with two attached hydrogens (primary N) is 1. The zero-order valence-electron chi connectivity index (χ0n) is 10.9. The topological polar surface area (TPSA) is 72.2 Å². The highest BCUT2D eigenvalue weighted by Gasteiger charge is 2.27. The third kappa shape index (κ3) is 3.25. The first-order chi connectivity index (χ1) is 8.90. The van der Waals surface area contributed by atoms with E-state index in [0.717, 1.165) is 31.7 Å². The van der Waals surface area contributed by atoms with Crippen LogP contribution in [0.3, 0.4) is 0 Å². The zero-order chi connectivity index (χ0) is 14.0. The van der Waals surface area contributed by atoms with E-state index in [-0.39, 0.29) is 16.6 Å². The van der Waals surface area contributed by atoms with Crippen molar-refractivity contribution in [3.8, 4) is 0 Å². The smallest absolute Gasteiger partial charge is 0.240 e. The van der Waals surface area contributed by atoms with Crippen molar-refractivity contribution in [2.75, 3.05) is 5.73 Å². The molecule has 0 amide bonds. The van der Waals surface area contributed by atoms with Crippen molar-refractivity contribution in [1.29, 1.82) is 0 Å². The van der Waals surface area contributed by atoms with E-state index in [2.05, 4.69) is 4.72 Å². The molecule has 2 unspecified atom stereocenters. The molecule has 0 spiro atoms. The van der Waals surface area contributed by atoms with Crippen LogP contribution in [0.25, 0.3) is 0 Å². The number of rotatable bonds is 3. The highest BCUT2D eigenvalue weighted by Crippen LogP contribution is 2.25. The lowest BCUT2D eigenvalue weighted by Gasteiger charge is -2.29. The normalized spacial score (nSPS) is 24.3. The molecule has 1 aromatic carbocycles. The SMILES string of the molecule is CC1CCCCC1NS(=O)(=O)c1ccc(N)c(F)c1. The first-order valence-electron chi connectivity index (χ1n) is 6.47. The Hall–Kier alpha value is -1.14. The minimum atomic E-state index is -3.68. The van der Waals surface area contributed by atoms with Crippen molar-refractivity contribution >= 4 is 15.7 Å². The van der Waals surface area contributed by atoms with Gasteiger partial charge in [0.1, 0.15) is 5.82 Å². The summed E-state index contributed by atoms with van der Waals surface area (Å²) in [6.45, 7) is 2.04. The van der Waals surface area contributed by atoms with Gasteiger partial charge in [-0.05, 0) is 37.0 Å². The van der Waals surface area contributed by atoms with Gasteiger partial charge in [0.2, 0.25) is 10.0 Å². The van der Waals surface area contributed by atoms with Crippen molar-refractivity contribution < 1.29 is 12.8 Å².